The molecule has 0 radical (unpaired) electrons. The minimum absolute atomic E-state index is 0.104. The fraction of sp³-hybridized carbons (Fsp3) is 0.588. The highest BCUT2D eigenvalue weighted by Crippen LogP contribution is 2.26. The summed E-state index contributed by atoms with van der Waals surface area (Å²) in [6.45, 7) is 2.34. The summed E-state index contributed by atoms with van der Waals surface area (Å²) >= 11 is 6.00. The first-order valence-corrected chi connectivity index (χ1v) is 8.73. The van der Waals surface area contributed by atoms with Crippen LogP contribution in [0.25, 0.3) is 0 Å². The molecule has 5 nitrogen and oxygen atoms in total. The van der Waals surface area contributed by atoms with Crippen molar-refractivity contribution in [1.82, 2.24) is 14.8 Å². The Morgan fingerprint density at radius 3 is 2.35 bits per heavy atom. The third kappa shape index (κ3) is 3.66. The Kier molecular flexibility index (Phi) is 5.16. The fourth-order valence-electron chi connectivity index (χ4n) is 3.45. The van der Waals surface area contributed by atoms with Gasteiger partial charge in [0, 0.05) is 38.3 Å². The minimum Gasteiger partial charge on any atom is -0.339 e. The number of piperazine rings is 1. The van der Waals surface area contributed by atoms with Gasteiger partial charge < -0.3 is 9.80 Å². The second-order valence-corrected chi connectivity index (χ2v) is 6.65. The van der Waals surface area contributed by atoms with Crippen molar-refractivity contribution in [2.75, 3.05) is 26.2 Å². The van der Waals surface area contributed by atoms with E-state index in [9.17, 15) is 9.59 Å². The molecule has 0 aromatic carbocycles. The molecule has 6 heteroatoms. The molecule has 1 aromatic heterocycles. The van der Waals surface area contributed by atoms with Crippen LogP contribution in [-0.2, 0) is 4.79 Å². The Hall–Kier alpha value is -1.62. The van der Waals surface area contributed by atoms with Crippen LogP contribution < -0.4 is 0 Å². The molecule has 1 aliphatic heterocycles. The second kappa shape index (κ2) is 7.30. The molecule has 2 fully saturated rings. The smallest absolute Gasteiger partial charge is 0.257 e. The molecule has 1 saturated carbocycles. The van der Waals surface area contributed by atoms with Crippen LogP contribution in [0, 0.1) is 5.92 Å². The fourth-order valence-corrected chi connectivity index (χ4v) is 3.65. The zero-order chi connectivity index (χ0) is 16.2. The van der Waals surface area contributed by atoms with Gasteiger partial charge in [0.05, 0.1) is 5.56 Å². The van der Waals surface area contributed by atoms with E-state index in [1.54, 1.807) is 23.2 Å². The molecule has 1 aromatic rings. The molecular weight excluding hydrogens is 314 g/mol. The van der Waals surface area contributed by atoms with Crippen LogP contribution in [0.3, 0.4) is 0 Å². The van der Waals surface area contributed by atoms with E-state index in [1.807, 2.05) is 4.90 Å². The van der Waals surface area contributed by atoms with Gasteiger partial charge in [-0.1, -0.05) is 30.9 Å². The zero-order valence-corrected chi connectivity index (χ0v) is 14.0. The van der Waals surface area contributed by atoms with Crippen molar-refractivity contribution in [3.05, 3.63) is 29.0 Å². The molecule has 0 N–H and O–H groups in total. The Bertz CT molecular complexity index is 579. The van der Waals surface area contributed by atoms with Gasteiger partial charge in [0.25, 0.3) is 5.91 Å². The van der Waals surface area contributed by atoms with Gasteiger partial charge in [-0.25, -0.2) is 4.98 Å². The van der Waals surface area contributed by atoms with Gasteiger partial charge in [0.1, 0.15) is 5.15 Å². The number of rotatable bonds is 2. The maximum Gasteiger partial charge on any atom is 0.257 e. The quantitative estimate of drug-likeness (QED) is 0.781. The molecule has 1 aliphatic carbocycles. The van der Waals surface area contributed by atoms with Crippen molar-refractivity contribution >= 4 is 23.4 Å². The third-order valence-electron chi connectivity index (χ3n) is 4.82. The molecule has 2 heterocycles. The van der Waals surface area contributed by atoms with E-state index < -0.39 is 0 Å². The molecule has 23 heavy (non-hydrogen) atoms. The van der Waals surface area contributed by atoms with Crippen LogP contribution in [0.4, 0.5) is 0 Å². The Labute approximate surface area is 141 Å². The van der Waals surface area contributed by atoms with E-state index in [0.29, 0.717) is 31.7 Å². The summed E-state index contributed by atoms with van der Waals surface area (Å²) in [5.41, 5.74) is 0.432. The first kappa shape index (κ1) is 16.2. The van der Waals surface area contributed by atoms with E-state index >= 15 is 0 Å². The van der Waals surface area contributed by atoms with Gasteiger partial charge >= 0.3 is 0 Å². The van der Waals surface area contributed by atoms with Crippen molar-refractivity contribution in [3.8, 4) is 0 Å². The number of hydrogen-bond donors (Lipinski definition) is 0. The van der Waals surface area contributed by atoms with Crippen molar-refractivity contribution in [3.63, 3.8) is 0 Å². The van der Waals surface area contributed by atoms with Crippen molar-refractivity contribution in [2.24, 2.45) is 5.92 Å². The maximum atomic E-state index is 12.5. The number of amides is 2. The van der Waals surface area contributed by atoms with Gasteiger partial charge in [-0.05, 0) is 25.0 Å². The monoisotopic (exact) mass is 335 g/mol. The highest BCUT2D eigenvalue weighted by Gasteiger charge is 2.30. The molecular formula is C17H22ClN3O2. The number of carbonyl (C=O) groups excluding carboxylic acids is 2. The van der Waals surface area contributed by atoms with E-state index in [2.05, 4.69) is 4.98 Å². The summed E-state index contributed by atoms with van der Waals surface area (Å²) in [5.74, 6) is 0.364. The second-order valence-electron chi connectivity index (χ2n) is 6.29. The van der Waals surface area contributed by atoms with Crippen LogP contribution in [0.1, 0.15) is 42.5 Å². The van der Waals surface area contributed by atoms with Crippen LogP contribution in [0.2, 0.25) is 5.15 Å². The number of halogens is 1. The van der Waals surface area contributed by atoms with Crippen molar-refractivity contribution in [2.45, 2.75) is 32.1 Å². The van der Waals surface area contributed by atoms with Crippen LogP contribution >= 0.6 is 11.6 Å². The average Bonchev–Trinajstić information content (AvgIpc) is 2.62. The summed E-state index contributed by atoms with van der Waals surface area (Å²) in [7, 11) is 0. The van der Waals surface area contributed by atoms with Crippen LogP contribution in [-0.4, -0.2) is 52.8 Å². The molecule has 0 bridgehead atoms. The predicted molar refractivity (Wildman–Crippen MR) is 88.3 cm³/mol. The molecule has 124 valence electrons. The topological polar surface area (TPSA) is 53.5 Å². The lowest BCUT2D eigenvalue weighted by Crippen LogP contribution is -2.52. The Morgan fingerprint density at radius 2 is 1.70 bits per heavy atom. The van der Waals surface area contributed by atoms with Crippen molar-refractivity contribution < 1.29 is 9.59 Å². The number of carbonyl (C=O) groups is 2. The maximum absolute atomic E-state index is 12.5. The summed E-state index contributed by atoms with van der Waals surface area (Å²) in [6.07, 6.45) is 7.17. The zero-order valence-electron chi connectivity index (χ0n) is 13.2. The van der Waals surface area contributed by atoms with Gasteiger partial charge in [-0.3, -0.25) is 9.59 Å². The molecule has 2 aliphatic rings. The van der Waals surface area contributed by atoms with E-state index in [1.165, 1.54) is 6.42 Å². The van der Waals surface area contributed by atoms with Gasteiger partial charge in [-0.15, -0.1) is 0 Å². The normalized spacial score (nSPS) is 19.7. The van der Waals surface area contributed by atoms with E-state index in [-0.39, 0.29) is 22.9 Å². The standard InChI is InChI=1S/C17H22ClN3O2/c18-15-14(7-4-8-19-15)17(23)21-11-9-20(10-12-21)16(22)13-5-2-1-3-6-13/h4,7-8,13H,1-3,5-6,9-12H2. The first-order chi connectivity index (χ1) is 11.2. The average molecular weight is 336 g/mol. The minimum atomic E-state index is -0.104. The van der Waals surface area contributed by atoms with Gasteiger partial charge in [0.15, 0.2) is 0 Å². The molecule has 0 unspecified atom stereocenters. The van der Waals surface area contributed by atoms with Gasteiger partial charge in [-0.2, -0.15) is 0 Å². The number of pyridine rings is 1. The lowest BCUT2D eigenvalue weighted by molar-refractivity contribution is -0.138. The lowest BCUT2D eigenvalue weighted by atomic mass is 9.88. The van der Waals surface area contributed by atoms with Crippen LogP contribution in [0.5, 0.6) is 0 Å². The third-order valence-corrected chi connectivity index (χ3v) is 5.12. The number of hydrogen-bond acceptors (Lipinski definition) is 3. The SMILES string of the molecule is O=C(c1cccnc1Cl)N1CCN(C(=O)C2CCCCC2)CC1. The molecule has 2 amide bonds. The first-order valence-electron chi connectivity index (χ1n) is 8.35. The van der Waals surface area contributed by atoms with Crippen molar-refractivity contribution in [1.29, 1.82) is 0 Å². The van der Waals surface area contributed by atoms with Crippen LogP contribution in [0.15, 0.2) is 18.3 Å². The molecule has 0 spiro atoms. The Morgan fingerprint density at radius 1 is 1.04 bits per heavy atom. The molecule has 3 rings (SSSR count). The summed E-state index contributed by atoms with van der Waals surface area (Å²) in [6, 6.07) is 3.40. The summed E-state index contributed by atoms with van der Waals surface area (Å²) in [5, 5.41) is 0.234. The largest absolute Gasteiger partial charge is 0.339 e. The lowest BCUT2D eigenvalue weighted by Gasteiger charge is -2.37. The van der Waals surface area contributed by atoms with Gasteiger partial charge in [0.2, 0.25) is 5.91 Å². The molecule has 0 atom stereocenters. The summed E-state index contributed by atoms with van der Waals surface area (Å²) in [4.78, 5) is 32.7. The number of nitrogens with zero attached hydrogens (tertiary/aromatic N) is 3. The predicted octanol–water partition coefficient (Wildman–Crippen LogP) is 2.60. The molecule has 1 saturated heterocycles. The van der Waals surface area contributed by atoms with E-state index in [0.717, 1.165) is 25.7 Å². The van der Waals surface area contributed by atoms with E-state index in [4.69, 9.17) is 11.6 Å². The number of aromatic nitrogens is 1. The highest BCUT2D eigenvalue weighted by molar-refractivity contribution is 6.32. The highest BCUT2D eigenvalue weighted by atomic mass is 35.5. The summed E-state index contributed by atoms with van der Waals surface area (Å²) < 4.78 is 0. The Balaban J connectivity index is 1.57.